The molecule has 0 aromatic heterocycles. The van der Waals surface area contributed by atoms with E-state index in [2.05, 4.69) is 4.72 Å². The van der Waals surface area contributed by atoms with E-state index in [1.54, 1.807) is 0 Å². The van der Waals surface area contributed by atoms with Gasteiger partial charge in [0.05, 0.1) is 11.8 Å². The van der Waals surface area contributed by atoms with Crippen LogP contribution in [0.25, 0.3) is 0 Å². The van der Waals surface area contributed by atoms with E-state index in [0.29, 0.717) is 0 Å². The molecule has 5 heteroatoms. The molecular formula is C13H20N2O2S. The Morgan fingerprint density at radius 1 is 1.39 bits per heavy atom. The minimum absolute atomic E-state index is 0.107. The third-order valence-corrected chi connectivity index (χ3v) is 4.85. The number of sulfonamides is 1. The Morgan fingerprint density at radius 2 is 2.06 bits per heavy atom. The summed E-state index contributed by atoms with van der Waals surface area (Å²) in [6.45, 7) is 3.78. The summed E-state index contributed by atoms with van der Waals surface area (Å²) in [5, 5.41) is 0. The lowest BCUT2D eigenvalue weighted by atomic mass is 10.1. The summed E-state index contributed by atoms with van der Waals surface area (Å²) in [4.78, 5) is 0. The van der Waals surface area contributed by atoms with Crippen LogP contribution in [0.15, 0.2) is 24.3 Å². The Hall–Kier alpha value is -0.910. The molecule has 0 saturated carbocycles. The maximum absolute atomic E-state index is 12.0. The second-order valence-corrected chi connectivity index (χ2v) is 7.14. The number of rotatable bonds is 4. The van der Waals surface area contributed by atoms with Crippen LogP contribution in [0.4, 0.5) is 0 Å². The lowest BCUT2D eigenvalue weighted by Gasteiger charge is -2.19. The number of fused-ring (bicyclic) bond motifs is 1. The van der Waals surface area contributed by atoms with Crippen molar-refractivity contribution in [3.63, 3.8) is 0 Å². The van der Waals surface area contributed by atoms with Crippen molar-refractivity contribution in [2.75, 3.05) is 5.75 Å². The molecule has 2 unspecified atom stereocenters. The first-order chi connectivity index (χ1) is 8.39. The van der Waals surface area contributed by atoms with Crippen LogP contribution in [0.1, 0.15) is 31.0 Å². The molecule has 1 aromatic carbocycles. The summed E-state index contributed by atoms with van der Waals surface area (Å²) in [5.41, 5.74) is 8.19. The van der Waals surface area contributed by atoms with Crippen LogP contribution in [0, 0.1) is 5.92 Å². The van der Waals surface area contributed by atoms with Gasteiger partial charge in [-0.15, -0.1) is 0 Å². The van der Waals surface area contributed by atoms with Crippen molar-refractivity contribution in [3.05, 3.63) is 35.4 Å². The zero-order valence-electron chi connectivity index (χ0n) is 10.8. The molecule has 0 radical (unpaired) electrons. The first kappa shape index (κ1) is 13.5. The highest BCUT2D eigenvalue weighted by molar-refractivity contribution is 7.89. The minimum atomic E-state index is -3.27. The van der Waals surface area contributed by atoms with Gasteiger partial charge in [-0.25, -0.2) is 13.1 Å². The van der Waals surface area contributed by atoms with Gasteiger partial charge >= 0.3 is 0 Å². The maximum Gasteiger partial charge on any atom is 0.212 e. The molecule has 0 spiro atoms. The number of hydrogen-bond acceptors (Lipinski definition) is 3. The van der Waals surface area contributed by atoms with Gasteiger partial charge in [-0.05, 0) is 23.5 Å². The van der Waals surface area contributed by atoms with Crippen LogP contribution in [-0.2, 0) is 16.4 Å². The van der Waals surface area contributed by atoms with Crippen molar-refractivity contribution >= 4 is 10.0 Å². The standard InChI is InChI=1S/C13H20N2O2S/c1-9(2)8-18(16,17)15-13-11-6-4-3-5-10(11)7-12(13)14/h3-6,9,12-13,15H,7-8,14H2,1-2H3. The van der Waals surface area contributed by atoms with E-state index < -0.39 is 10.0 Å². The highest BCUT2D eigenvalue weighted by Crippen LogP contribution is 2.30. The molecule has 0 aliphatic heterocycles. The Balaban J connectivity index is 2.20. The topological polar surface area (TPSA) is 72.2 Å². The molecule has 1 aliphatic carbocycles. The Labute approximate surface area is 109 Å². The van der Waals surface area contributed by atoms with Gasteiger partial charge in [-0.1, -0.05) is 38.1 Å². The summed E-state index contributed by atoms with van der Waals surface area (Å²) < 4.78 is 26.7. The van der Waals surface area contributed by atoms with Gasteiger partial charge in [0.15, 0.2) is 0 Å². The predicted molar refractivity (Wildman–Crippen MR) is 72.6 cm³/mol. The minimum Gasteiger partial charge on any atom is -0.326 e. The number of benzene rings is 1. The van der Waals surface area contributed by atoms with Crippen LogP contribution in [0.2, 0.25) is 0 Å². The van der Waals surface area contributed by atoms with Gasteiger partial charge in [0, 0.05) is 6.04 Å². The monoisotopic (exact) mass is 268 g/mol. The molecule has 4 nitrogen and oxygen atoms in total. The molecule has 0 heterocycles. The Kier molecular flexibility index (Phi) is 3.75. The lowest BCUT2D eigenvalue weighted by Crippen LogP contribution is -2.40. The second kappa shape index (κ2) is 4.99. The summed E-state index contributed by atoms with van der Waals surface area (Å²) in [7, 11) is -3.27. The highest BCUT2D eigenvalue weighted by Gasteiger charge is 2.32. The van der Waals surface area contributed by atoms with Gasteiger partial charge < -0.3 is 5.73 Å². The zero-order chi connectivity index (χ0) is 13.3. The molecule has 2 atom stereocenters. The van der Waals surface area contributed by atoms with E-state index in [1.165, 1.54) is 0 Å². The maximum atomic E-state index is 12.0. The van der Waals surface area contributed by atoms with Crippen molar-refractivity contribution in [1.29, 1.82) is 0 Å². The van der Waals surface area contributed by atoms with E-state index >= 15 is 0 Å². The van der Waals surface area contributed by atoms with Crippen LogP contribution < -0.4 is 10.5 Å². The van der Waals surface area contributed by atoms with Gasteiger partial charge in [0.1, 0.15) is 0 Å². The van der Waals surface area contributed by atoms with Crippen LogP contribution in [-0.4, -0.2) is 20.2 Å². The fraction of sp³-hybridized carbons (Fsp3) is 0.538. The van der Waals surface area contributed by atoms with E-state index in [9.17, 15) is 8.42 Å². The van der Waals surface area contributed by atoms with Crippen LogP contribution in [0.3, 0.4) is 0 Å². The molecule has 0 fully saturated rings. The SMILES string of the molecule is CC(C)CS(=O)(=O)NC1c2ccccc2CC1N. The summed E-state index contributed by atoms with van der Waals surface area (Å²) in [5.74, 6) is 0.244. The molecule has 18 heavy (non-hydrogen) atoms. The van der Waals surface area contributed by atoms with Crippen molar-refractivity contribution in [2.24, 2.45) is 11.7 Å². The molecule has 1 aliphatic rings. The van der Waals surface area contributed by atoms with Gasteiger partial charge in [-0.3, -0.25) is 0 Å². The first-order valence-electron chi connectivity index (χ1n) is 6.22. The summed E-state index contributed by atoms with van der Waals surface area (Å²) >= 11 is 0. The average Bonchev–Trinajstić information content (AvgIpc) is 2.53. The molecule has 0 amide bonds. The van der Waals surface area contributed by atoms with Crippen molar-refractivity contribution in [3.8, 4) is 0 Å². The first-order valence-corrected chi connectivity index (χ1v) is 7.87. The summed E-state index contributed by atoms with van der Waals surface area (Å²) in [6.07, 6.45) is 0.727. The molecule has 3 N–H and O–H groups in total. The van der Waals surface area contributed by atoms with Crippen molar-refractivity contribution in [2.45, 2.75) is 32.4 Å². The van der Waals surface area contributed by atoms with Gasteiger partial charge in [-0.2, -0.15) is 0 Å². The number of hydrogen-bond donors (Lipinski definition) is 2. The zero-order valence-corrected chi connectivity index (χ0v) is 11.6. The largest absolute Gasteiger partial charge is 0.326 e. The molecule has 100 valence electrons. The lowest BCUT2D eigenvalue weighted by molar-refractivity contribution is 0.512. The quantitative estimate of drug-likeness (QED) is 0.861. The van der Waals surface area contributed by atoms with Crippen molar-refractivity contribution in [1.82, 2.24) is 4.72 Å². The Bertz CT molecular complexity index is 526. The van der Waals surface area contributed by atoms with Gasteiger partial charge in [0.2, 0.25) is 10.0 Å². The third kappa shape index (κ3) is 2.91. The number of nitrogens with one attached hydrogen (secondary N) is 1. The van der Waals surface area contributed by atoms with E-state index in [4.69, 9.17) is 5.73 Å². The fourth-order valence-electron chi connectivity index (χ4n) is 2.46. The highest BCUT2D eigenvalue weighted by atomic mass is 32.2. The molecular weight excluding hydrogens is 248 g/mol. The second-order valence-electron chi connectivity index (χ2n) is 5.34. The van der Waals surface area contributed by atoms with Crippen LogP contribution >= 0.6 is 0 Å². The normalized spacial score (nSPS) is 23.3. The number of nitrogens with two attached hydrogens (primary N) is 1. The van der Waals surface area contributed by atoms with E-state index in [0.717, 1.165) is 17.5 Å². The van der Waals surface area contributed by atoms with Gasteiger partial charge in [0.25, 0.3) is 0 Å². The van der Waals surface area contributed by atoms with E-state index in [-0.39, 0.29) is 23.8 Å². The predicted octanol–water partition coefficient (Wildman–Crippen LogP) is 1.19. The molecule has 2 rings (SSSR count). The van der Waals surface area contributed by atoms with Crippen molar-refractivity contribution < 1.29 is 8.42 Å². The third-order valence-electron chi connectivity index (χ3n) is 3.13. The summed E-state index contributed by atoms with van der Waals surface area (Å²) in [6, 6.07) is 7.36. The Morgan fingerprint density at radius 3 is 2.72 bits per heavy atom. The molecule has 0 bridgehead atoms. The molecule has 0 saturated heterocycles. The fourth-order valence-corrected chi connectivity index (χ4v) is 4.12. The average molecular weight is 268 g/mol. The van der Waals surface area contributed by atoms with E-state index in [1.807, 2.05) is 38.1 Å². The molecule has 1 aromatic rings. The smallest absolute Gasteiger partial charge is 0.212 e. The van der Waals surface area contributed by atoms with Crippen LogP contribution in [0.5, 0.6) is 0 Å².